The molecule has 1 rings (SSSR count). The predicted octanol–water partition coefficient (Wildman–Crippen LogP) is 0.188. The molecule has 0 amide bonds. The van der Waals surface area contributed by atoms with Crippen molar-refractivity contribution < 1.29 is 4.79 Å². The minimum atomic E-state index is -0.0264. The molecule has 0 aromatic rings. The maximum atomic E-state index is 10.9. The zero-order chi connectivity index (χ0) is 7.40. The Morgan fingerprint density at radius 2 is 2.10 bits per heavy atom. The molecular weight excluding hydrogens is 126 g/mol. The SMILES string of the molecule is C#CC(=O)C1CCNCC1. The zero-order valence-electron chi connectivity index (χ0n) is 5.89. The van der Waals surface area contributed by atoms with Crippen LogP contribution < -0.4 is 5.32 Å². The Bertz CT molecular complexity index is 163. The lowest BCUT2D eigenvalue weighted by atomic mass is 9.94. The van der Waals surface area contributed by atoms with E-state index in [9.17, 15) is 4.79 Å². The Morgan fingerprint density at radius 3 is 2.60 bits per heavy atom. The summed E-state index contributed by atoms with van der Waals surface area (Å²) in [5.74, 6) is 2.27. The molecule has 0 radical (unpaired) electrons. The first-order valence-electron chi connectivity index (χ1n) is 3.56. The van der Waals surface area contributed by atoms with Gasteiger partial charge in [-0.25, -0.2) is 0 Å². The first kappa shape index (κ1) is 7.30. The minimum absolute atomic E-state index is 0.0264. The molecule has 0 aliphatic carbocycles. The molecule has 2 nitrogen and oxygen atoms in total. The van der Waals surface area contributed by atoms with Gasteiger partial charge in [0.1, 0.15) is 0 Å². The summed E-state index contributed by atoms with van der Waals surface area (Å²) < 4.78 is 0. The predicted molar refractivity (Wildman–Crippen MR) is 39.4 cm³/mol. The second-order valence-electron chi connectivity index (χ2n) is 2.53. The Kier molecular flexibility index (Phi) is 2.47. The lowest BCUT2D eigenvalue weighted by molar-refractivity contribution is -0.118. The van der Waals surface area contributed by atoms with E-state index in [0.29, 0.717) is 0 Å². The summed E-state index contributed by atoms with van der Waals surface area (Å²) in [6, 6.07) is 0. The van der Waals surface area contributed by atoms with Gasteiger partial charge in [0.25, 0.3) is 0 Å². The van der Waals surface area contributed by atoms with Crippen LogP contribution in [-0.4, -0.2) is 18.9 Å². The Balaban J connectivity index is 2.40. The number of hydrogen-bond acceptors (Lipinski definition) is 2. The van der Waals surface area contributed by atoms with Crippen LogP contribution in [0.3, 0.4) is 0 Å². The molecule has 1 fully saturated rings. The van der Waals surface area contributed by atoms with Crippen molar-refractivity contribution in [3.63, 3.8) is 0 Å². The van der Waals surface area contributed by atoms with Crippen LogP contribution in [0.15, 0.2) is 0 Å². The summed E-state index contributed by atoms with van der Waals surface area (Å²) in [6.07, 6.45) is 6.79. The minimum Gasteiger partial charge on any atom is -0.317 e. The first-order chi connectivity index (χ1) is 4.84. The van der Waals surface area contributed by atoms with Crippen molar-refractivity contribution in [1.82, 2.24) is 5.32 Å². The van der Waals surface area contributed by atoms with Crippen molar-refractivity contribution in [2.75, 3.05) is 13.1 Å². The molecule has 0 bridgehead atoms. The second kappa shape index (κ2) is 3.38. The van der Waals surface area contributed by atoms with Crippen molar-refractivity contribution >= 4 is 5.78 Å². The van der Waals surface area contributed by atoms with Crippen LogP contribution in [0.2, 0.25) is 0 Å². The van der Waals surface area contributed by atoms with Crippen LogP contribution in [0.4, 0.5) is 0 Å². The number of nitrogens with one attached hydrogen (secondary N) is 1. The van der Waals surface area contributed by atoms with Crippen LogP contribution in [0.5, 0.6) is 0 Å². The maximum absolute atomic E-state index is 10.9. The molecule has 0 aromatic carbocycles. The fraction of sp³-hybridized carbons (Fsp3) is 0.625. The van der Waals surface area contributed by atoms with Gasteiger partial charge in [-0.05, 0) is 31.9 Å². The van der Waals surface area contributed by atoms with Gasteiger partial charge < -0.3 is 5.32 Å². The van der Waals surface area contributed by atoms with Crippen LogP contribution in [0.1, 0.15) is 12.8 Å². The third kappa shape index (κ3) is 1.58. The van der Waals surface area contributed by atoms with Gasteiger partial charge in [0.15, 0.2) is 0 Å². The third-order valence-corrected chi connectivity index (χ3v) is 1.85. The number of Topliss-reactive ketones (excluding diaryl/α,β-unsaturated/α-hetero) is 1. The first-order valence-corrected chi connectivity index (χ1v) is 3.56. The molecule has 0 saturated carbocycles. The van der Waals surface area contributed by atoms with Crippen molar-refractivity contribution in [3.8, 4) is 12.3 Å². The standard InChI is InChI=1S/C8H11NO/c1-2-8(10)7-3-5-9-6-4-7/h1,7,9H,3-6H2. The molecule has 10 heavy (non-hydrogen) atoms. The van der Waals surface area contributed by atoms with Gasteiger partial charge in [-0.3, -0.25) is 4.79 Å². The molecule has 1 N–H and O–H groups in total. The van der Waals surface area contributed by atoms with Crippen molar-refractivity contribution in [1.29, 1.82) is 0 Å². The molecule has 1 aliphatic heterocycles. The van der Waals surface area contributed by atoms with E-state index in [4.69, 9.17) is 6.42 Å². The van der Waals surface area contributed by atoms with Gasteiger partial charge >= 0.3 is 0 Å². The summed E-state index contributed by atoms with van der Waals surface area (Å²) in [7, 11) is 0. The number of terminal acetylenes is 1. The zero-order valence-corrected chi connectivity index (χ0v) is 5.89. The largest absolute Gasteiger partial charge is 0.317 e. The van der Waals surface area contributed by atoms with E-state index < -0.39 is 0 Å². The quantitative estimate of drug-likeness (QED) is 0.413. The van der Waals surface area contributed by atoms with Gasteiger partial charge in [0.2, 0.25) is 5.78 Å². The van der Waals surface area contributed by atoms with E-state index in [2.05, 4.69) is 11.2 Å². The Labute approximate surface area is 61.0 Å². The van der Waals surface area contributed by atoms with E-state index >= 15 is 0 Å². The molecular formula is C8H11NO. The lowest BCUT2D eigenvalue weighted by Gasteiger charge is -2.18. The third-order valence-electron chi connectivity index (χ3n) is 1.85. The van der Waals surface area contributed by atoms with Crippen LogP contribution in [-0.2, 0) is 4.79 Å². The summed E-state index contributed by atoms with van der Waals surface area (Å²) in [5.41, 5.74) is 0. The topological polar surface area (TPSA) is 29.1 Å². The molecule has 0 unspecified atom stereocenters. The van der Waals surface area contributed by atoms with Gasteiger partial charge in [0.05, 0.1) is 0 Å². The smallest absolute Gasteiger partial charge is 0.208 e. The fourth-order valence-electron chi connectivity index (χ4n) is 1.20. The number of hydrogen-bond donors (Lipinski definition) is 1. The number of rotatable bonds is 1. The molecule has 0 atom stereocenters. The van der Waals surface area contributed by atoms with E-state index in [1.807, 2.05) is 0 Å². The summed E-state index contributed by atoms with van der Waals surface area (Å²) in [5, 5.41) is 3.17. The highest BCUT2D eigenvalue weighted by Crippen LogP contribution is 2.11. The molecule has 1 saturated heterocycles. The number of piperidine rings is 1. The highest BCUT2D eigenvalue weighted by Gasteiger charge is 2.18. The van der Waals surface area contributed by atoms with Crippen molar-refractivity contribution in [2.45, 2.75) is 12.8 Å². The van der Waals surface area contributed by atoms with E-state index in [0.717, 1.165) is 25.9 Å². The second-order valence-corrected chi connectivity index (χ2v) is 2.53. The maximum Gasteiger partial charge on any atom is 0.208 e. The van der Waals surface area contributed by atoms with Gasteiger partial charge in [-0.1, -0.05) is 0 Å². The average molecular weight is 137 g/mol. The van der Waals surface area contributed by atoms with Gasteiger partial charge in [-0.15, -0.1) is 6.42 Å². The van der Waals surface area contributed by atoms with E-state index in [-0.39, 0.29) is 11.7 Å². The van der Waals surface area contributed by atoms with Gasteiger partial charge in [-0.2, -0.15) is 0 Å². The fourth-order valence-corrected chi connectivity index (χ4v) is 1.20. The molecule has 1 heterocycles. The molecule has 0 spiro atoms. The number of ketones is 1. The van der Waals surface area contributed by atoms with Crippen LogP contribution in [0, 0.1) is 18.3 Å². The van der Waals surface area contributed by atoms with Crippen molar-refractivity contribution in [3.05, 3.63) is 0 Å². The normalized spacial score (nSPS) is 19.9. The molecule has 2 heteroatoms. The summed E-state index contributed by atoms with van der Waals surface area (Å²) in [6.45, 7) is 1.86. The van der Waals surface area contributed by atoms with E-state index in [1.54, 1.807) is 0 Å². The van der Waals surface area contributed by atoms with Gasteiger partial charge in [0, 0.05) is 5.92 Å². The Hall–Kier alpha value is -0.810. The van der Waals surface area contributed by atoms with Crippen LogP contribution in [0.25, 0.3) is 0 Å². The monoisotopic (exact) mass is 137 g/mol. The Morgan fingerprint density at radius 1 is 1.50 bits per heavy atom. The van der Waals surface area contributed by atoms with Crippen LogP contribution >= 0.6 is 0 Å². The number of carbonyl (C=O) groups excluding carboxylic acids is 1. The highest BCUT2D eigenvalue weighted by molar-refractivity contribution is 5.96. The molecule has 1 aliphatic rings. The average Bonchev–Trinajstić information content (AvgIpc) is 2.05. The molecule has 54 valence electrons. The summed E-state index contributed by atoms with van der Waals surface area (Å²) in [4.78, 5) is 10.9. The highest BCUT2D eigenvalue weighted by atomic mass is 16.1. The summed E-state index contributed by atoms with van der Waals surface area (Å²) >= 11 is 0. The van der Waals surface area contributed by atoms with Crippen molar-refractivity contribution in [2.24, 2.45) is 5.92 Å². The number of carbonyl (C=O) groups is 1. The lowest BCUT2D eigenvalue weighted by Crippen LogP contribution is -2.31. The molecule has 0 aromatic heterocycles. The van der Waals surface area contributed by atoms with E-state index in [1.165, 1.54) is 0 Å².